The van der Waals surface area contributed by atoms with E-state index in [1.807, 2.05) is 62.9 Å². The Balaban J connectivity index is 1.92. The number of rotatable bonds is 4. The van der Waals surface area contributed by atoms with E-state index in [2.05, 4.69) is 10.3 Å². The van der Waals surface area contributed by atoms with E-state index in [4.69, 9.17) is 0 Å². The molecule has 1 atom stereocenters. The fourth-order valence-corrected chi connectivity index (χ4v) is 2.99. The van der Waals surface area contributed by atoms with Gasteiger partial charge in [0.05, 0.1) is 18.2 Å². The van der Waals surface area contributed by atoms with Gasteiger partial charge in [0.25, 0.3) is 0 Å². The predicted octanol–water partition coefficient (Wildman–Crippen LogP) is 2.05. The Hall–Kier alpha value is -2.11. The summed E-state index contributed by atoms with van der Waals surface area (Å²) in [7, 11) is 3.88. The first-order chi connectivity index (χ1) is 11.7. The summed E-state index contributed by atoms with van der Waals surface area (Å²) < 4.78 is 0. The van der Waals surface area contributed by atoms with Gasteiger partial charge in [0.15, 0.2) is 0 Å². The van der Waals surface area contributed by atoms with E-state index in [1.54, 1.807) is 0 Å². The van der Waals surface area contributed by atoms with E-state index in [1.165, 1.54) is 0 Å². The molecule has 1 aliphatic heterocycles. The fourth-order valence-electron chi connectivity index (χ4n) is 2.99. The van der Waals surface area contributed by atoms with Gasteiger partial charge >= 0.3 is 0 Å². The zero-order valence-electron chi connectivity index (χ0n) is 16.0. The SMILES string of the molecule is CN(C)c1cccc(CNC(=O)C2CCCN(C(=O)C(C)(C)C)C2)n1. The highest BCUT2D eigenvalue weighted by Crippen LogP contribution is 2.23. The number of hydrogen-bond acceptors (Lipinski definition) is 4. The highest BCUT2D eigenvalue weighted by Gasteiger charge is 2.33. The van der Waals surface area contributed by atoms with Gasteiger partial charge < -0.3 is 15.1 Å². The van der Waals surface area contributed by atoms with Gasteiger partial charge in [-0.05, 0) is 25.0 Å². The van der Waals surface area contributed by atoms with Crippen LogP contribution in [0.15, 0.2) is 18.2 Å². The van der Waals surface area contributed by atoms with Gasteiger partial charge in [-0.15, -0.1) is 0 Å². The first-order valence-corrected chi connectivity index (χ1v) is 8.89. The van der Waals surface area contributed by atoms with Crippen LogP contribution in [0.5, 0.6) is 0 Å². The predicted molar refractivity (Wildman–Crippen MR) is 99.2 cm³/mol. The molecule has 1 unspecified atom stereocenters. The minimum atomic E-state index is -0.408. The molecule has 0 aromatic carbocycles. The Bertz CT molecular complexity index is 622. The molecule has 0 spiro atoms. The number of nitrogens with one attached hydrogen (secondary N) is 1. The van der Waals surface area contributed by atoms with Crippen molar-refractivity contribution in [3.8, 4) is 0 Å². The number of pyridine rings is 1. The number of anilines is 1. The third-order valence-electron chi connectivity index (χ3n) is 4.41. The number of carbonyl (C=O) groups excluding carboxylic acids is 2. The van der Waals surface area contributed by atoms with Crippen LogP contribution >= 0.6 is 0 Å². The molecule has 1 aromatic heterocycles. The Morgan fingerprint density at radius 1 is 1.32 bits per heavy atom. The van der Waals surface area contributed by atoms with Crippen molar-refractivity contribution >= 4 is 17.6 Å². The van der Waals surface area contributed by atoms with Crippen molar-refractivity contribution in [1.82, 2.24) is 15.2 Å². The number of amides is 2. The normalized spacial score (nSPS) is 18.0. The van der Waals surface area contributed by atoms with Crippen molar-refractivity contribution in [2.24, 2.45) is 11.3 Å². The second kappa shape index (κ2) is 7.85. The summed E-state index contributed by atoms with van der Waals surface area (Å²) in [5.74, 6) is 0.845. The standard InChI is InChI=1S/C19H30N4O2/c1-19(2,3)18(25)23-11-7-8-14(13-23)17(24)20-12-15-9-6-10-16(21-15)22(4)5/h6,9-10,14H,7-8,11-13H2,1-5H3,(H,20,24). The number of hydrogen-bond donors (Lipinski definition) is 1. The van der Waals surface area contributed by atoms with Crippen LogP contribution < -0.4 is 10.2 Å². The summed E-state index contributed by atoms with van der Waals surface area (Å²) >= 11 is 0. The molecule has 25 heavy (non-hydrogen) atoms. The Labute approximate surface area is 150 Å². The summed E-state index contributed by atoms with van der Waals surface area (Å²) in [5, 5.41) is 2.98. The molecule has 2 heterocycles. The number of aromatic nitrogens is 1. The van der Waals surface area contributed by atoms with Gasteiger partial charge in [-0.1, -0.05) is 26.8 Å². The topological polar surface area (TPSA) is 65.5 Å². The van der Waals surface area contributed by atoms with Crippen molar-refractivity contribution in [1.29, 1.82) is 0 Å². The molecule has 1 N–H and O–H groups in total. The van der Waals surface area contributed by atoms with Crippen LogP contribution in [0.2, 0.25) is 0 Å². The molecule has 2 amide bonds. The monoisotopic (exact) mass is 346 g/mol. The number of carbonyl (C=O) groups is 2. The lowest BCUT2D eigenvalue weighted by Crippen LogP contribution is -2.48. The van der Waals surface area contributed by atoms with Gasteiger partial charge in [0.1, 0.15) is 5.82 Å². The Morgan fingerprint density at radius 2 is 2.04 bits per heavy atom. The van der Waals surface area contributed by atoms with Crippen LogP contribution in [0.3, 0.4) is 0 Å². The molecule has 6 nitrogen and oxygen atoms in total. The molecular formula is C19H30N4O2. The quantitative estimate of drug-likeness (QED) is 0.906. The molecule has 1 saturated heterocycles. The second-order valence-electron chi connectivity index (χ2n) is 7.94. The molecule has 0 saturated carbocycles. The maximum absolute atomic E-state index is 12.5. The molecule has 2 rings (SSSR count). The molecule has 0 bridgehead atoms. The summed E-state index contributed by atoms with van der Waals surface area (Å²) in [4.78, 5) is 33.2. The lowest BCUT2D eigenvalue weighted by Gasteiger charge is -2.35. The fraction of sp³-hybridized carbons (Fsp3) is 0.632. The van der Waals surface area contributed by atoms with Crippen molar-refractivity contribution in [3.05, 3.63) is 23.9 Å². The first-order valence-electron chi connectivity index (χ1n) is 8.89. The smallest absolute Gasteiger partial charge is 0.227 e. The van der Waals surface area contributed by atoms with Gasteiger partial charge in [0.2, 0.25) is 11.8 Å². The molecule has 6 heteroatoms. The Morgan fingerprint density at radius 3 is 2.68 bits per heavy atom. The van der Waals surface area contributed by atoms with E-state index >= 15 is 0 Å². The lowest BCUT2D eigenvalue weighted by atomic mass is 9.91. The van der Waals surface area contributed by atoms with Gasteiger partial charge in [-0.2, -0.15) is 0 Å². The second-order valence-corrected chi connectivity index (χ2v) is 7.94. The maximum Gasteiger partial charge on any atom is 0.227 e. The van der Waals surface area contributed by atoms with E-state index in [0.29, 0.717) is 13.1 Å². The highest BCUT2D eigenvalue weighted by atomic mass is 16.2. The molecule has 138 valence electrons. The van der Waals surface area contributed by atoms with Crippen molar-refractivity contribution in [2.75, 3.05) is 32.1 Å². The van der Waals surface area contributed by atoms with E-state index in [9.17, 15) is 9.59 Å². The van der Waals surface area contributed by atoms with Crippen LogP contribution in [0, 0.1) is 11.3 Å². The van der Waals surface area contributed by atoms with Crippen LogP contribution in [-0.4, -0.2) is 48.9 Å². The molecule has 0 radical (unpaired) electrons. The highest BCUT2D eigenvalue weighted by molar-refractivity contribution is 5.83. The van der Waals surface area contributed by atoms with E-state index in [0.717, 1.165) is 30.9 Å². The Kier molecular flexibility index (Phi) is 6.03. The average Bonchev–Trinajstić information content (AvgIpc) is 2.58. The van der Waals surface area contributed by atoms with E-state index < -0.39 is 5.41 Å². The first kappa shape index (κ1) is 19.2. The van der Waals surface area contributed by atoms with Gasteiger partial charge in [-0.25, -0.2) is 4.98 Å². The van der Waals surface area contributed by atoms with Crippen LogP contribution in [0.1, 0.15) is 39.3 Å². The van der Waals surface area contributed by atoms with Gasteiger partial charge in [0, 0.05) is 32.6 Å². The summed E-state index contributed by atoms with van der Waals surface area (Å²) in [6.45, 7) is 7.41. The molecular weight excluding hydrogens is 316 g/mol. The largest absolute Gasteiger partial charge is 0.363 e. The molecule has 0 aliphatic carbocycles. The maximum atomic E-state index is 12.5. The summed E-state index contributed by atoms with van der Waals surface area (Å²) in [5.41, 5.74) is 0.424. The molecule has 1 aromatic rings. The van der Waals surface area contributed by atoms with Gasteiger partial charge in [-0.3, -0.25) is 9.59 Å². The van der Waals surface area contributed by atoms with Crippen LogP contribution in [0.4, 0.5) is 5.82 Å². The minimum Gasteiger partial charge on any atom is -0.363 e. The lowest BCUT2D eigenvalue weighted by molar-refractivity contribution is -0.142. The third kappa shape index (κ3) is 5.18. The molecule has 1 fully saturated rings. The number of nitrogens with zero attached hydrogens (tertiary/aromatic N) is 3. The zero-order chi connectivity index (χ0) is 18.6. The zero-order valence-corrected chi connectivity index (χ0v) is 16.0. The van der Waals surface area contributed by atoms with Crippen molar-refractivity contribution in [2.45, 2.75) is 40.2 Å². The number of piperidine rings is 1. The third-order valence-corrected chi connectivity index (χ3v) is 4.41. The number of likely N-dealkylation sites (tertiary alicyclic amines) is 1. The molecule has 1 aliphatic rings. The van der Waals surface area contributed by atoms with E-state index in [-0.39, 0.29) is 17.7 Å². The van der Waals surface area contributed by atoms with Crippen LogP contribution in [-0.2, 0) is 16.1 Å². The summed E-state index contributed by atoms with van der Waals surface area (Å²) in [6.07, 6.45) is 1.69. The van der Waals surface area contributed by atoms with Crippen LogP contribution in [0.25, 0.3) is 0 Å². The minimum absolute atomic E-state index is 0.00321. The van der Waals surface area contributed by atoms with Crippen molar-refractivity contribution < 1.29 is 9.59 Å². The van der Waals surface area contributed by atoms with Crippen molar-refractivity contribution in [3.63, 3.8) is 0 Å². The average molecular weight is 346 g/mol. The summed E-state index contributed by atoms with van der Waals surface area (Å²) in [6, 6.07) is 5.78.